The number of nitrogens with zero attached hydrogens (tertiary/aromatic N) is 2. The standard InChI is InChI=1S/C11H7BrClF2N3/c1-5-2-8(15)9(3-7(5)14)17-10-6(12)4-16-11(13)18-10/h2-4H,1H3,(H,16,17,18). The number of aromatic nitrogens is 2. The van der Waals surface area contributed by atoms with E-state index in [0.29, 0.717) is 4.47 Å². The second-order valence-corrected chi connectivity index (χ2v) is 4.73. The minimum absolute atomic E-state index is 0.00805. The lowest BCUT2D eigenvalue weighted by molar-refractivity contribution is 0.595. The Morgan fingerprint density at radius 1 is 1.28 bits per heavy atom. The molecule has 0 atom stereocenters. The molecule has 1 heterocycles. The molecule has 0 saturated carbocycles. The number of benzene rings is 1. The Labute approximate surface area is 115 Å². The van der Waals surface area contributed by atoms with Crippen LogP contribution in [-0.2, 0) is 0 Å². The largest absolute Gasteiger partial charge is 0.337 e. The molecule has 1 aromatic carbocycles. The molecule has 0 unspecified atom stereocenters. The molecule has 0 aliphatic carbocycles. The first kappa shape index (κ1) is 13.2. The van der Waals surface area contributed by atoms with E-state index in [0.717, 1.165) is 12.1 Å². The van der Waals surface area contributed by atoms with E-state index in [1.807, 2.05) is 0 Å². The highest BCUT2D eigenvalue weighted by atomic mass is 79.9. The van der Waals surface area contributed by atoms with Gasteiger partial charge >= 0.3 is 0 Å². The molecule has 18 heavy (non-hydrogen) atoms. The first-order valence-corrected chi connectivity index (χ1v) is 6.05. The molecule has 0 aliphatic heterocycles. The van der Waals surface area contributed by atoms with Crippen LogP contribution in [0.25, 0.3) is 0 Å². The lowest BCUT2D eigenvalue weighted by atomic mass is 10.2. The zero-order chi connectivity index (χ0) is 13.3. The van der Waals surface area contributed by atoms with Gasteiger partial charge in [-0.1, -0.05) is 0 Å². The SMILES string of the molecule is Cc1cc(F)c(Nc2nc(Cl)ncc2Br)cc1F. The maximum Gasteiger partial charge on any atom is 0.224 e. The fraction of sp³-hybridized carbons (Fsp3) is 0.0909. The molecule has 0 amide bonds. The van der Waals surface area contributed by atoms with Crippen molar-refractivity contribution in [2.45, 2.75) is 6.92 Å². The van der Waals surface area contributed by atoms with Crippen LogP contribution in [0, 0.1) is 18.6 Å². The molecule has 2 aromatic rings. The van der Waals surface area contributed by atoms with Gasteiger partial charge in [-0.15, -0.1) is 0 Å². The van der Waals surface area contributed by atoms with E-state index in [2.05, 4.69) is 31.2 Å². The van der Waals surface area contributed by atoms with Gasteiger partial charge in [-0.3, -0.25) is 0 Å². The molecule has 0 saturated heterocycles. The number of hydrogen-bond acceptors (Lipinski definition) is 3. The molecule has 3 nitrogen and oxygen atoms in total. The smallest absolute Gasteiger partial charge is 0.224 e. The molecule has 7 heteroatoms. The molecule has 0 bridgehead atoms. The highest BCUT2D eigenvalue weighted by Crippen LogP contribution is 2.27. The summed E-state index contributed by atoms with van der Waals surface area (Å²) < 4.78 is 27.5. The number of halogens is 4. The average molecular weight is 335 g/mol. The Balaban J connectivity index is 2.40. The fourth-order valence-electron chi connectivity index (χ4n) is 1.30. The van der Waals surface area contributed by atoms with Crippen molar-refractivity contribution in [3.8, 4) is 0 Å². The van der Waals surface area contributed by atoms with Crippen molar-refractivity contribution in [1.29, 1.82) is 0 Å². The van der Waals surface area contributed by atoms with Gasteiger partial charge in [0.1, 0.15) is 17.5 Å². The fourth-order valence-corrected chi connectivity index (χ4v) is 1.73. The Morgan fingerprint density at radius 3 is 2.72 bits per heavy atom. The first-order valence-electron chi connectivity index (χ1n) is 4.88. The maximum atomic E-state index is 13.6. The summed E-state index contributed by atoms with van der Waals surface area (Å²) >= 11 is 8.81. The number of aryl methyl sites for hydroxylation is 1. The van der Waals surface area contributed by atoms with Gasteiger partial charge < -0.3 is 5.32 Å². The molecule has 1 aromatic heterocycles. The van der Waals surface area contributed by atoms with Crippen LogP contribution in [0.3, 0.4) is 0 Å². The minimum atomic E-state index is -0.574. The van der Waals surface area contributed by atoms with Gasteiger partial charge in [0.2, 0.25) is 5.28 Å². The molecule has 94 valence electrons. The Hall–Kier alpha value is -1.27. The van der Waals surface area contributed by atoms with Crippen LogP contribution in [0.2, 0.25) is 5.28 Å². The second-order valence-electron chi connectivity index (χ2n) is 3.54. The Morgan fingerprint density at radius 2 is 2.00 bits per heavy atom. The lowest BCUT2D eigenvalue weighted by Gasteiger charge is -2.09. The summed E-state index contributed by atoms with van der Waals surface area (Å²) in [5, 5.41) is 2.66. The van der Waals surface area contributed by atoms with E-state index in [1.54, 1.807) is 0 Å². The van der Waals surface area contributed by atoms with Crippen molar-refractivity contribution in [2.24, 2.45) is 0 Å². The topological polar surface area (TPSA) is 37.8 Å². The predicted molar refractivity (Wildman–Crippen MR) is 69.1 cm³/mol. The summed E-state index contributed by atoms with van der Waals surface area (Å²) in [6.07, 6.45) is 1.42. The highest BCUT2D eigenvalue weighted by Gasteiger charge is 2.10. The first-order chi connectivity index (χ1) is 8.47. The van der Waals surface area contributed by atoms with Crippen LogP contribution in [0.5, 0.6) is 0 Å². The van der Waals surface area contributed by atoms with Crippen LogP contribution >= 0.6 is 27.5 Å². The summed E-state index contributed by atoms with van der Waals surface area (Å²) in [6.45, 7) is 1.49. The van der Waals surface area contributed by atoms with Gasteiger partial charge in [0, 0.05) is 12.3 Å². The van der Waals surface area contributed by atoms with Crippen molar-refractivity contribution >= 4 is 39.0 Å². The molecule has 2 rings (SSSR count). The summed E-state index contributed by atoms with van der Waals surface area (Å²) in [6, 6.07) is 2.17. The molecule has 0 aliphatic rings. The second kappa shape index (κ2) is 5.16. The van der Waals surface area contributed by atoms with Gasteiger partial charge in [-0.2, -0.15) is 4.98 Å². The van der Waals surface area contributed by atoms with Crippen LogP contribution in [0.4, 0.5) is 20.3 Å². The van der Waals surface area contributed by atoms with Gasteiger partial charge in [0.15, 0.2) is 0 Å². The maximum absolute atomic E-state index is 13.6. The zero-order valence-corrected chi connectivity index (χ0v) is 11.5. The quantitative estimate of drug-likeness (QED) is 0.836. The van der Waals surface area contributed by atoms with Crippen LogP contribution < -0.4 is 5.32 Å². The van der Waals surface area contributed by atoms with E-state index >= 15 is 0 Å². The minimum Gasteiger partial charge on any atom is -0.337 e. The van der Waals surface area contributed by atoms with E-state index in [1.165, 1.54) is 13.1 Å². The van der Waals surface area contributed by atoms with E-state index in [4.69, 9.17) is 11.6 Å². The van der Waals surface area contributed by atoms with E-state index < -0.39 is 11.6 Å². The number of hydrogen-bond donors (Lipinski definition) is 1. The summed E-state index contributed by atoms with van der Waals surface area (Å²) in [5.41, 5.74) is 0.214. The highest BCUT2D eigenvalue weighted by molar-refractivity contribution is 9.10. The molecular weight excluding hydrogens is 327 g/mol. The number of anilines is 2. The number of rotatable bonds is 2. The predicted octanol–water partition coefficient (Wildman–Crippen LogP) is 4.22. The van der Waals surface area contributed by atoms with Crippen LogP contribution in [-0.4, -0.2) is 9.97 Å². The third-order valence-corrected chi connectivity index (χ3v) is 2.98. The van der Waals surface area contributed by atoms with Gasteiger partial charge in [0.25, 0.3) is 0 Å². The molecular formula is C11H7BrClF2N3. The normalized spacial score (nSPS) is 10.5. The molecule has 0 fully saturated rings. The van der Waals surface area contributed by atoms with Crippen molar-refractivity contribution < 1.29 is 8.78 Å². The molecule has 0 radical (unpaired) electrons. The van der Waals surface area contributed by atoms with Crippen molar-refractivity contribution in [3.63, 3.8) is 0 Å². The van der Waals surface area contributed by atoms with E-state index in [9.17, 15) is 8.78 Å². The van der Waals surface area contributed by atoms with Crippen LogP contribution in [0.15, 0.2) is 22.8 Å². The number of nitrogens with one attached hydrogen (secondary N) is 1. The third kappa shape index (κ3) is 2.76. The molecule has 1 N–H and O–H groups in total. The summed E-state index contributed by atoms with van der Waals surface area (Å²) in [4.78, 5) is 7.60. The van der Waals surface area contributed by atoms with E-state index in [-0.39, 0.29) is 22.4 Å². The average Bonchev–Trinajstić information content (AvgIpc) is 2.30. The van der Waals surface area contributed by atoms with Crippen molar-refractivity contribution in [3.05, 3.63) is 45.3 Å². The summed E-state index contributed by atoms with van der Waals surface area (Å²) in [5.74, 6) is -0.817. The monoisotopic (exact) mass is 333 g/mol. The third-order valence-electron chi connectivity index (χ3n) is 2.22. The lowest BCUT2D eigenvalue weighted by Crippen LogP contribution is -2.00. The summed E-state index contributed by atoms with van der Waals surface area (Å²) in [7, 11) is 0. The molecule has 0 spiro atoms. The van der Waals surface area contributed by atoms with Gasteiger partial charge in [-0.05, 0) is 46.1 Å². The van der Waals surface area contributed by atoms with Crippen molar-refractivity contribution in [1.82, 2.24) is 9.97 Å². The Kier molecular flexibility index (Phi) is 3.77. The van der Waals surface area contributed by atoms with Gasteiger partial charge in [-0.25, -0.2) is 13.8 Å². The van der Waals surface area contributed by atoms with Crippen LogP contribution in [0.1, 0.15) is 5.56 Å². The van der Waals surface area contributed by atoms with Gasteiger partial charge in [0.05, 0.1) is 10.2 Å². The Bertz CT molecular complexity index is 607. The van der Waals surface area contributed by atoms with Crippen molar-refractivity contribution in [2.75, 3.05) is 5.32 Å². The zero-order valence-electron chi connectivity index (χ0n) is 9.14.